The Morgan fingerprint density at radius 2 is 1.50 bits per heavy atom. The van der Waals surface area contributed by atoms with Gasteiger partial charge >= 0.3 is 0 Å². The van der Waals surface area contributed by atoms with Crippen LogP contribution in [0.4, 0.5) is 11.4 Å². The second-order valence-corrected chi connectivity index (χ2v) is 7.56. The smallest absolute Gasteiger partial charge is 0.152 e. The van der Waals surface area contributed by atoms with Crippen molar-refractivity contribution >= 4 is 17.7 Å². The fourth-order valence-electron chi connectivity index (χ4n) is 3.91. The minimum absolute atomic E-state index is 0.562. The zero-order valence-electron chi connectivity index (χ0n) is 17.2. The first-order chi connectivity index (χ1) is 14.7. The third-order valence-electron chi connectivity index (χ3n) is 5.59. The first kappa shape index (κ1) is 20.1. The van der Waals surface area contributed by atoms with Gasteiger partial charge < -0.3 is 15.8 Å². The number of nitrogens with zero attached hydrogens (tertiary/aromatic N) is 1. The Labute approximate surface area is 177 Å². The second-order valence-electron chi connectivity index (χ2n) is 7.56. The molecule has 0 radical (unpaired) electrons. The van der Waals surface area contributed by atoms with Crippen LogP contribution in [0.1, 0.15) is 15.9 Å². The predicted octanol–water partition coefficient (Wildman–Crippen LogP) is 4.29. The van der Waals surface area contributed by atoms with Crippen LogP contribution < -0.4 is 11.1 Å². The molecule has 1 aliphatic heterocycles. The second kappa shape index (κ2) is 9.11. The summed E-state index contributed by atoms with van der Waals surface area (Å²) in [6.45, 7) is 4.60. The minimum atomic E-state index is 0.562. The van der Waals surface area contributed by atoms with Gasteiger partial charge in [-0.3, -0.25) is 9.69 Å². The quantitative estimate of drug-likeness (QED) is 0.476. The lowest BCUT2D eigenvalue weighted by molar-refractivity contribution is 0.0342. The van der Waals surface area contributed by atoms with Gasteiger partial charge in [0.2, 0.25) is 0 Å². The Morgan fingerprint density at radius 3 is 2.07 bits per heavy atom. The van der Waals surface area contributed by atoms with Gasteiger partial charge in [0.25, 0.3) is 0 Å². The van der Waals surface area contributed by atoms with Crippen LogP contribution in [0.5, 0.6) is 0 Å². The molecule has 0 spiro atoms. The molecule has 4 rings (SSSR count). The van der Waals surface area contributed by atoms with Gasteiger partial charge in [0, 0.05) is 32.2 Å². The zero-order chi connectivity index (χ0) is 20.9. The fraction of sp³-hybridized carbons (Fsp3) is 0.240. The van der Waals surface area contributed by atoms with Crippen molar-refractivity contribution in [3.05, 3.63) is 71.8 Å². The normalized spacial score (nSPS) is 14.4. The Kier molecular flexibility index (Phi) is 6.12. The van der Waals surface area contributed by atoms with Gasteiger partial charge in [-0.15, -0.1) is 0 Å². The molecule has 5 nitrogen and oxygen atoms in total. The highest BCUT2D eigenvalue weighted by Crippen LogP contribution is 2.31. The lowest BCUT2D eigenvalue weighted by Gasteiger charge is -2.26. The van der Waals surface area contributed by atoms with E-state index in [1.54, 1.807) is 7.05 Å². The highest BCUT2D eigenvalue weighted by atomic mass is 16.5. The van der Waals surface area contributed by atoms with Crippen LogP contribution in [-0.2, 0) is 11.3 Å². The van der Waals surface area contributed by atoms with E-state index in [9.17, 15) is 4.79 Å². The third-order valence-corrected chi connectivity index (χ3v) is 5.59. The van der Waals surface area contributed by atoms with Crippen molar-refractivity contribution in [3.63, 3.8) is 0 Å². The maximum absolute atomic E-state index is 11.4. The highest BCUT2D eigenvalue weighted by Gasteiger charge is 2.11. The van der Waals surface area contributed by atoms with E-state index in [0.717, 1.165) is 55.8 Å². The number of benzene rings is 3. The number of nitrogens with two attached hydrogens (primary N) is 1. The Bertz CT molecular complexity index is 1010. The number of nitrogens with one attached hydrogen (secondary N) is 1. The van der Waals surface area contributed by atoms with Gasteiger partial charge in [0.1, 0.15) is 0 Å². The molecule has 1 aliphatic rings. The molecule has 0 bridgehead atoms. The zero-order valence-corrected chi connectivity index (χ0v) is 17.2. The number of hydrogen-bond acceptors (Lipinski definition) is 5. The molecule has 154 valence electrons. The van der Waals surface area contributed by atoms with Gasteiger partial charge in [-0.1, -0.05) is 48.5 Å². The molecule has 0 unspecified atom stereocenters. The lowest BCUT2D eigenvalue weighted by atomic mass is 9.97. The fourth-order valence-corrected chi connectivity index (χ4v) is 3.91. The van der Waals surface area contributed by atoms with Crippen molar-refractivity contribution in [2.45, 2.75) is 6.54 Å². The lowest BCUT2D eigenvalue weighted by Crippen LogP contribution is -2.35. The van der Waals surface area contributed by atoms with E-state index in [0.29, 0.717) is 16.9 Å². The molecule has 3 aromatic carbocycles. The Morgan fingerprint density at radius 1 is 0.933 bits per heavy atom. The predicted molar refractivity (Wildman–Crippen MR) is 123 cm³/mol. The number of nitrogen functional groups attached to an aromatic ring is 1. The van der Waals surface area contributed by atoms with Gasteiger partial charge in [-0.2, -0.15) is 0 Å². The topological polar surface area (TPSA) is 67.6 Å². The standard InChI is InChI=1S/C25H27N3O2/c1-27-25-23(17-29)14-22(15-24(25)26)21-8-6-20(7-9-21)19-4-2-18(3-5-19)16-28-10-12-30-13-11-28/h2-9,14-15,17,27H,10-13,16,26H2,1H3. The summed E-state index contributed by atoms with van der Waals surface area (Å²) in [5, 5.41) is 2.99. The molecule has 30 heavy (non-hydrogen) atoms. The summed E-state index contributed by atoms with van der Waals surface area (Å²) in [4.78, 5) is 13.8. The van der Waals surface area contributed by atoms with E-state index in [1.807, 2.05) is 12.1 Å². The van der Waals surface area contributed by atoms with E-state index in [2.05, 4.69) is 58.7 Å². The maximum Gasteiger partial charge on any atom is 0.152 e. The largest absolute Gasteiger partial charge is 0.397 e. The molecule has 1 saturated heterocycles. The molecule has 3 aromatic rings. The third kappa shape index (κ3) is 4.37. The number of carbonyl (C=O) groups is 1. The Hall–Kier alpha value is -3.15. The van der Waals surface area contributed by atoms with Crippen molar-refractivity contribution in [3.8, 4) is 22.3 Å². The number of anilines is 2. The summed E-state index contributed by atoms with van der Waals surface area (Å²) in [6, 6.07) is 20.9. The molecule has 1 fully saturated rings. The summed E-state index contributed by atoms with van der Waals surface area (Å²) < 4.78 is 5.42. The maximum atomic E-state index is 11.4. The molecule has 0 atom stereocenters. The summed E-state index contributed by atoms with van der Waals surface area (Å²) in [7, 11) is 1.76. The molecular weight excluding hydrogens is 374 g/mol. The van der Waals surface area contributed by atoms with Crippen molar-refractivity contribution < 1.29 is 9.53 Å². The minimum Gasteiger partial charge on any atom is -0.397 e. The summed E-state index contributed by atoms with van der Waals surface area (Å²) in [5.41, 5.74) is 13.5. The Balaban J connectivity index is 1.51. The van der Waals surface area contributed by atoms with Gasteiger partial charge in [0.05, 0.1) is 24.6 Å². The molecule has 5 heteroatoms. The van der Waals surface area contributed by atoms with E-state index < -0.39 is 0 Å². The van der Waals surface area contributed by atoms with Crippen LogP contribution in [0.25, 0.3) is 22.3 Å². The number of carbonyl (C=O) groups excluding carboxylic acids is 1. The van der Waals surface area contributed by atoms with Crippen LogP contribution in [0.3, 0.4) is 0 Å². The van der Waals surface area contributed by atoms with Crippen LogP contribution in [0.15, 0.2) is 60.7 Å². The van der Waals surface area contributed by atoms with E-state index in [1.165, 1.54) is 11.1 Å². The van der Waals surface area contributed by atoms with Crippen molar-refractivity contribution in [2.24, 2.45) is 0 Å². The molecule has 0 aliphatic carbocycles. The first-order valence-corrected chi connectivity index (χ1v) is 10.2. The molecule has 0 saturated carbocycles. The molecule has 0 aromatic heterocycles. The van der Waals surface area contributed by atoms with Crippen LogP contribution in [0.2, 0.25) is 0 Å². The summed E-state index contributed by atoms with van der Waals surface area (Å²) >= 11 is 0. The monoisotopic (exact) mass is 401 g/mol. The first-order valence-electron chi connectivity index (χ1n) is 10.2. The van der Waals surface area contributed by atoms with Gasteiger partial charge in [-0.25, -0.2) is 0 Å². The average Bonchev–Trinajstić information content (AvgIpc) is 2.80. The van der Waals surface area contributed by atoms with Crippen molar-refractivity contribution in [1.82, 2.24) is 4.90 Å². The number of morpholine rings is 1. The van der Waals surface area contributed by atoms with Crippen LogP contribution in [0, 0.1) is 0 Å². The number of aldehydes is 1. The van der Waals surface area contributed by atoms with E-state index in [-0.39, 0.29) is 0 Å². The number of hydrogen-bond donors (Lipinski definition) is 2. The molecule has 1 heterocycles. The van der Waals surface area contributed by atoms with Crippen molar-refractivity contribution in [2.75, 3.05) is 44.4 Å². The summed E-state index contributed by atoms with van der Waals surface area (Å²) in [6.07, 6.45) is 0.832. The van der Waals surface area contributed by atoms with E-state index in [4.69, 9.17) is 10.5 Å². The molecular formula is C25H27N3O2. The molecule has 3 N–H and O–H groups in total. The average molecular weight is 402 g/mol. The van der Waals surface area contributed by atoms with Gasteiger partial charge in [-0.05, 0) is 39.9 Å². The van der Waals surface area contributed by atoms with E-state index >= 15 is 0 Å². The van der Waals surface area contributed by atoms with Crippen LogP contribution in [-0.4, -0.2) is 44.5 Å². The van der Waals surface area contributed by atoms with Crippen LogP contribution >= 0.6 is 0 Å². The van der Waals surface area contributed by atoms with Crippen molar-refractivity contribution in [1.29, 1.82) is 0 Å². The molecule has 0 amide bonds. The highest BCUT2D eigenvalue weighted by molar-refractivity contribution is 5.93. The number of ether oxygens (including phenoxy) is 1. The summed E-state index contributed by atoms with van der Waals surface area (Å²) in [5.74, 6) is 0. The SMILES string of the molecule is CNc1c(N)cc(-c2ccc(-c3ccc(CN4CCOCC4)cc3)cc2)cc1C=O. The number of rotatable bonds is 6. The van der Waals surface area contributed by atoms with Gasteiger partial charge in [0.15, 0.2) is 6.29 Å².